The number of hydrogen-bond acceptors (Lipinski definition) is 6. The van der Waals surface area contributed by atoms with Gasteiger partial charge in [0.1, 0.15) is 12.1 Å². The first-order chi connectivity index (χ1) is 12.0. The quantitative estimate of drug-likeness (QED) is 0.781. The van der Waals surface area contributed by atoms with E-state index in [0.29, 0.717) is 6.42 Å². The fourth-order valence-electron chi connectivity index (χ4n) is 4.12. The molecule has 0 radical (unpaired) electrons. The second-order valence-corrected chi connectivity index (χ2v) is 8.31. The van der Waals surface area contributed by atoms with Crippen molar-refractivity contribution in [2.24, 2.45) is 0 Å². The van der Waals surface area contributed by atoms with E-state index in [2.05, 4.69) is 39.1 Å². The summed E-state index contributed by atoms with van der Waals surface area (Å²) >= 11 is 1.73. The first-order valence-corrected chi connectivity index (χ1v) is 9.77. The predicted octanol–water partition coefficient (Wildman–Crippen LogP) is 2.13. The van der Waals surface area contributed by atoms with Crippen molar-refractivity contribution in [2.45, 2.75) is 31.7 Å². The summed E-state index contributed by atoms with van der Waals surface area (Å²) in [6.45, 7) is 5.81. The van der Waals surface area contributed by atoms with Crippen LogP contribution in [0.3, 0.4) is 0 Å². The van der Waals surface area contributed by atoms with Gasteiger partial charge in [-0.2, -0.15) is 0 Å². The van der Waals surface area contributed by atoms with Crippen LogP contribution in [0.4, 0.5) is 5.82 Å². The summed E-state index contributed by atoms with van der Waals surface area (Å²) in [5.41, 5.74) is 2.33. The van der Waals surface area contributed by atoms with Crippen molar-refractivity contribution < 1.29 is 4.79 Å². The lowest BCUT2D eigenvalue weighted by molar-refractivity contribution is -0.129. The second kappa shape index (κ2) is 6.21. The summed E-state index contributed by atoms with van der Waals surface area (Å²) in [6, 6.07) is 0. The van der Waals surface area contributed by atoms with E-state index < -0.39 is 0 Å². The molecule has 2 aromatic rings. The van der Waals surface area contributed by atoms with Crippen molar-refractivity contribution in [3.05, 3.63) is 17.3 Å². The molecule has 0 N–H and O–H groups in total. The Morgan fingerprint density at radius 1 is 1.16 bits per heavy atom. The zero-order chi connectivity index (χ0) is 17.6. The highest BCUT2D eigenvalue weighted by Crippen LogP contribution is 2.36. The summed E-state index contributed by atoms with van der Waals surface area (Å²) in [4.78, 5) is 28.0. The van der Waals surface area contributed by atoms with Gasteiger partial charge in [0.25, 0.3) is 0 Å². The number of hydrogen-bond donors (Lipinski definition) is 0. The number of rotatable bonds is 1. The number of likely N-dealkylation sites (N-methyl/N-ethyl adjacent to an activating group) is 1. The fraction of sp³-hybridized carbons (Fsp3) is 0.611. The van der Waals surface area contributed by atoms with E-state index in [-0.39, 0.29) is 11.4 Å². The first kappa shape index (κ1) is 16.7. The number of thiophene rings is 1. The Kier molecular flexibility index (Phi) is 4.16. The number of carbonyl (C=O) groups is 1. The summed E-state index contributed by atoms with van der Waals surface area (Å²) in [5.74, 6) is 1.32. The Hall–Kier alpha value is -1.73. The molecule has 1 atom stereocenters. The fourth-order valence-corrected chi connectivity index (χ4v) is 5.14. The molecule has 2 aliphatic heterocycles. The van der Waals surface area contributed by atoms with Gasteiger partial charge in [-0.3, -0.25) is 9.69 Å². The monoisotopic (exact) mass is 359 g/mol. The van der Waals surface area contributed by atoms with Crippen LogP contribution in [0.15, 0.2) is 11.7 Å². The number of piperazine rings is 1. The zero-order valence-electron chi connectivity index (χ0n) is 15.2. The van der Waals surface area contributed by atoms with Crippen LogP contribution in [0.1, 0.15) is 24.8 Å². The van der Waals surface area contributed by atoms with Crippen molar-refractivity contribution in [3.63, 3.8) is 0 Å². The maximum atomic E-state index is 12.2. The zero-order valence-corrected chi connectivity index (χ0v) is 16.0. The van der Waals surface area contributed by atoms with Crippen molar-refractivity contribution >= 4 is 33.3 Å². The van der Waals surface area contributed by atoms with Gasteiger partial charge >= 0.3 is 0 Å². The van der Waals surface area contributed by atoms with Gasteiger partial charge in [-0.1, -0.05) is 0 Å². The summed E-state index contributed by atoms with van der Waals surface area (Å²) in [5, 5.41) is 2.16. The van der Waals surface area contributed by atoms with Gasteiger partial charge in [0.15, 0.2) is 0 Å². The SMILES string of the molecule is Cc1csc2c(N3CCN(C)C4(CCC(=O)N(C)CC4)C3)ncnc12. The van der Waals surface area contributed by atoms with Gasteiger partial charge in [0, 0.05) is 45.2 Å². The molecule has 4 rings (SSSR count). The number of aromatic nitrogens is 2. The van der Waals surface area contributed by atoms with Gasteiger partial charge in [0.05, 0.1) is 10.2 Å². The lowest BCUT2D eigenvalue weighted by Gasteiger charge is -2.49. The smallest absolute Gasteiger partial charge is 0.222 e. The number of nitrogens with zero attached hydrogens (tertiary/aromatic N) is 5. The molecule has 1 unspecified atom stereocenters. The second-order valence-electron chi connectivity index (χ2n) is 7.43. The van der Waals surface area contributed by atoms with Crippen LogP contribution in [0, 0.1) is 6.92 Å². The van der Waals surface area contributed by atoms with E-state index in [1.165, 1.54) is 10.3 Å². The molecule has 2 aromatic heterocycles. The number of amides is 1. The standard InChI is InChI=1S/C18H25N5OS/c1-13-10-25-16-15(13)19-12-20-17(16)23-9-8-22(3)18(11-23)5-4-14(24)21(2)7-6-18/h10,12H,4-9,11H2,1-3H3. The summed E-state index contributed by atoms with van der Waals surface area (Å²) < 4.78 is 1.18. The molecule has 2 saturated heterocycles. The van der Waals surface area contributed by atoms with Crippen LogP contribution in [0.5, 0.6) is 0 Å². The topological polar surface area (TPSA) is 52.6 Å². The Morgan fingerprint density at radius 3 is 2.84 bits per heavy atom. The van der Waals surface area contributed by atoms with Gasteiger partial charge in [-0.05, 0) is 37.8 Å². The summed E-state index contributed by atoms with van der Waals surface area (Å²) in [6.07, 6.45) is 4.25. The largest absolute Gasteiger partial charge is 0.352 e. The van der Waals surface area contributed by atoms with Crippen LogP contribution in [-0.2, 0) is 4.79 Å². The molecule has 0 aliphatic carbocycles. The highest BCUT2D eigenvalue weighted by Gasteiger charge is 2.42. The maximum absolute atomic E-state index is 12.2. The van der Waals surface area contributed by atoms with E-state index in [1.54, 1.807) is 17.7 Å². The van der Waals surface area contributed by atoms with E-state index in [0.717, 1.165) is 50.4 Å². The Balaban J connectivity index is 1.67. The molecule has 0 saturated carbocycles. The lowest BCUT2D eigenvalue weighted by Crippen LogP contribution is -2.61. The molecule has 2 fully saturated rings. The first-order valence-electron chi connectivity index (χ1n) is 8.89. The van der Waals surface area contributed by atoms with Crippen molar-refractivity contribution in [1.82, 2.24) is 19.8 Å². The number of likely N-dealkylation sites (tertiary alicyclic amines) is 1. The molecular weight excluding hydrogens is 334 g/mol. The molecule has 4 heterocycles. The van der Waals surface area contributed by atoms with Crippen LogP contribution in [0.25, 0.3) is 10.2 Å². The molecule has 0 aromatic carbocycles. The van der Waals surface area contributed by atoms with Crippen molar-refractivity contribution in [1.29, 1.82) is 0 Å². The van der Waals surface area contributed by atoms with Gasteiger partial charge in [-0.15, -0.1) is 11.3 Å². The van der Waals surface area contributed by atoms with Gasteiger partial charge < -0.3 is 9.80 Å². The van der Waals surface area contributed by atoms with E-state index >= 15 is 0 Å². The van der Waals surface area contributed by atoms with Crippen LogP contribution < -0.4 is 4.90 Å². The van der Waals surface area contributed by atoms with Crippen molar-refractivity contribution in [3.8, 4) is 0 Å². The van der Waals surface area contributed by atoms with E-state index in [9.17, 15) is 4.79 Å². The number of carbonyl (C=O) groups excluding carboxylic acids is 1. The highest BCUT2D eigenvalue weighted by atomic mass is 32.1. The van der Waals surface area contributed by atoms with E-state index in [1.807, 2.05) is 11.9 Å². The highest BCUT2D eigenvalue weighted by molar-refractivity contribution is 7.18. The molecule has 7 heteroatoms. The molecule has 134 valence electrons. The van der Waals surface area contributed by atoms with Crippen LogP contribution in [-0.4, -0.2) is 71.5 Å². The maximum Gasteiger partial charge on any atom is 0.222 e. The lowest BCUT2D eigenvalue weighted by atomic mass is 9.86. The molecule has 25 heavy (non-hydrogen) atoms. The third kappa shape index (κ3) is 2.79. The minimum absolute atomic E-state index is 0.0439. The number of anilines is 1. The van der Waals surface area contributed by atoms with Gasteiger partial charge in [0.2, 0.25) is 5.91 Å². The molecular formula is C18H25N5OS. The van der Waals surface area contributed by atoms with Crippen molar-refractivity contribution in [2.75, 3.05) is 45.2 Å². The summed E-state index contributed by atoms with van der Waals surface area (Å²) in [7, 11) is 4.13. The Morgan fingerprint density at radius 2 is 2.00 bits per heavy atom. The number of fused-ring (bicyclic) bond motifs is 1. The van der Waals surface area contributed by atoms with Crippen LogP contribution in [0.2, 0.25) is 0 Å². The minimum atomic E-state index is 0.0439. The van der Waals surface area contributed by atoms with Crippen LogP contribution >= 0.6 is 11.3 Å². The third-order valence-corrected chi connectivity index (χ3v) is 7.04. The molecule has 2 aliphatic rings. The molecule has 1 spiro atoms. The average Bonchev–Trinajstić information content (AvgIpc) is 2.94. The predicted molar refractivity (Wildman–Crippen MR) is 101 cm³/mol. The van der Waals surface area contributed by atoms with E-state index in [4.69, 9.17) is 0 Å². The van der Waals surface area contributed by atoms with Gasteiger partial charge in [-0.25, -0.2) is 9.97 Å². The number of aryl methyl sites for hydroxylation is 1. The Bertz CT molecular complexity index is 806. The Labute approximate surface area is 152 Å². The average molecular weight is 359 g/mol. The third-order valence-electron chi connectivity index (χ3n) is 5.95. The minimum Gasteiger partial charge on any atom is -0.352 e. The molecule has 6 nitrogen and oxygen atoms in total. The molecule has 0 bridgehead atoms. The normalized spacial score (nSPS) is 25.8. The molecule has 1 amide bonds.